The molecule has 0 atom stereocenters. The molecule has 2 aromatic heterocycles. The van der Waals surface area contributed by atoms with Crippen LogP contribution in [0.2, 0.25) is 0 Å². The summed E-state index contributed by atoms with van der Waals surface area (Å²) in [5.41, 5.74) is 2.99. The Morgan fingerprint density at radius 3 is 2.43 bits per heavy atom. The van der Waals surface area contributed by atoms with Gasteiger partial charge in [-0.05, 0) is 35.9 Å². The average Bonchev–Trinajstić information content (AvgIpc) is 3.36. The number of aromatic nitrogens is 3. The molecule has 2 heterocycles. The fourth-order valence-electron chi connectivity index (χ4n) is 3.43. The smallest absolute Gasteiger partial charge is 0.276 e. The molecule has 4 aromatic rings. The Morgan fingerprint density at radius 1 is 0.943 bits per heavy atom. The summed E-state index contributed by atoms with van der Waals surface area (Å²) in [5.74, 6) is 1.22. The van der Waals surface area contributed by atoms with Crippen molar-refractivity contribution in [1.29, 1.82) is 0 Å². The molecule has 9 heteroatoms. The number of pyridine rings is 1. The molecule has 35 heavy (non-hydrogen) atoms. The normalized spacial score (nSPS) is 10.6. The Labute approximate surface area is 203 Å². The molecule has 0 fully saturated rings. The topological polar surface area (TPSA) is 96.7 Å². The van der Waals surface area contributed by atoms with Gasteiger partial charge in [-0.1, -0.05) is 24.3 Å². The predicted octanol–water partition coefficient (Wildman–Crippen LogP) is 4.23. The molecule has 0 bridgehead atoms. The zero-order valence-electron chi connectivity index (χ0n) is 19.7. The van der Waals surface area contributed by atoms with Crippen molar-refractivity contribution >= 4 is 11.6 Å². The molecule has 2 aromatic carbocycles. The van der Waals surface area contributed by atoms with Gasteiger partial charge < -0.3 is 24.3 Å². The summed E-state index contributed by atoms with van der Waals surface area (Å²) in [6.45, 7) is 0.851. The van der Waals surface area contributed by atoms with Crippen LogP contribution in [0.25, 0.3) is 16.8 Å². The van der Waals surface area contributed by atoms with Gasteiger partial charge in [-0.3, -0.25) is 4.79 Å². The number of carbonyl (C=O) groups excluding carboxylic acids is 1. The van der Waals surface area contributed by atoms with Crippen LogP contribution in [0.3, 0.4) is 0 Å². The van der Waals surface area contributed by atoms with Crippen LogP contribution in [0.5, 0.6) is 17.4 Å². The van der Waals surface area contributed by atoms with E-state index in [2.05, 4.69) is 15.4 Å². The molecule has 0 saturated heterocycles. The molecule has 0 saturated carbocycles. The minimum Gasteiger partial charge on any atom is -0.493 e. The van der Waals surface area contributed by atoms with Gasteiger partial charge in [0.15, 0.2) is 17.2 Å². The number of anilines is 1. The maximum Gasteiger partial charge on any atom is 0.276 e. The molecule has 180 valence electrons. The van der Waals surface area contributed by atoms with E-state index in [1.807, 2.05) is 48.7 Å². The number of para-hydroxylation sites is 1. The maximum atomic E-state index is 13.3. The monoisotopic (exact) mass is 474 g/mol. The van der Waals surface area contributed by atoms with Gasteiger partial charge in [-0.2, -0.15) is 5.10 Å². The highest BCUT2D eigenvalue weighted by molar-refractivity contribution is 6.07. The summed E-state index contributed by atoms with van der Waals surface area (Å²) >= 11 is 0. The molecule has 4 rings (SSSR count). The molecule has 1 N–H and O–H groups in total. The standard InChI is InChI=1S/C26H26N4O5/c1-32-13-14-35-24-12-10-19(16-27-24)28-26(31)25-21(17-30(29-25)20-7-5-4-6-8-20)18-9-11-22(33-2)23(15-18)34-3/h4-12,15-17H,13-14H2,1-3H3,(H,28,31). The van der Waals surface area contributed by atoms with E-state index >= 15 is 0 Å². The maximum absolute atomic E-state index is 13.3. The van der Waals surface area contributed by atoms with E-state index < -0.39 is 0 Å². The van der Waals surface area contributed by atoms with Gasteiger partial charge in [0.05, 0.1) is 38.4 Å². The summed E-state index contributed by atoms with van der Waals surface area (Å²) in [7, 11) is 4.74. The highest BCUT2D eigenvalue weighted by Crippen LogP contribution is 2.34. The molecular formula is C26H26N4O5. The number of rotatable bonds is 10. The van der Waals surface area contributed by atoms with Gasteiger partial charge in [0, 0.05) is 24.9 Å². The second kappa shape index (κ2) is 11.2. The van der Waals surface area contributed by atoms with E-state index in [1.54, 1.807) is 44.2 Å². The van der Waals surface area contributed by atoms with Crippen LogP contribution in [-0.2, 0) is 4.74 Å². The molecular weight excluding hydrogens is 448 g/mol. The van der Waals surface area contributed by atoms with Gasteiger partial charge in [0.2, 0.25) is 5.88 Å². The summed E-state index contributed by atoms with van der Waals surface area (Å²) in [5, 5.41) is 7.46. The van der Waals surface area contributed by atoms with Crippen LogP contribution >= 0.6 is 0 Å². The van der Waals surface area contributed by atoms with Crippen molar-refractivity contribution < 1.29 is 23.7 Å². The lowest BCUT2D eigenvalue weighted by atomic mass is 10.1. The van der Waals surface area contributed by atoms with Crippen LogP contribution in [-0.4, -0.2) is 55.2 Å². The number of nitrogens with one attached hydrogen (secondary N) is 1. The SMILES string of the molecule is COCCOc1ccc(NC(=O)c2nn(-c3ccccc3)cc2-c2ccc(OC)c(OC)c2)cn1. The van der Waals surface area contributed by atoms with Gasteiger partial charge in [-0.25, -0.2) is 9.67 Å². The summed E-state index contributed by atoms with van der Waals surface area (Å²) < 4.78 is 22.9. The average molecular weight is 475 g/mol. The third-order valence-electron chi connectivity index (χ3n) is 5.18. The van der Waals surface area contributed by atoms with Crippen LogP contribution in [0.1, 0.15) is 10.5 Å². The number of nitrogens with zero attached hydrogens (tertiary/aromatic N) is 3. The lowest BCUT2D eigenvalue weighted by Gasteiger charge is -2.10. The fraction of sp³-hybridized carbons (Fsp3) is 0.192. The zero-order chi connectivity index (χ0) is 24.6. The highest BCUT2D eigenvalue weighted by Gasteiger charge is 2.20. The van der Waals surface area contributed by atoms with Gasteiger partial charge in [-0.15, -0.1) is 0 Å². The van der Waals surface area contributed by atoms with E-state index in [0.29, 0.717) is 41.8 Å². The Hall–Kier alpha value is -4.37. The van der Waals surface area contributed by atoms with Crippen LogP contribution in [0, 0.1) is 0 Å². The molecule has 0 radical (unpaired) electrons. The van der Waals surface area contributed by atoms with Crippen molar-refractivity contribution in [2.75, 3.05) is 39.9 Å². The van der Waals surface area contributed by atoms with Crippen molar-refractivity contribution in [3.8, 4) is 34.2 Å². The molecule has 0 aliphatic heterocycles. The Morgan fingerprint density at radius 2 is 1.74 bits per heavy atom. The number of carbonyl (C=O) groups is 1. The number of ether oxygens (including phenoxy) is 4. The number of amides is 1. The van der Waals surface area contributed by atoms with E-state index in [0.717, 1.165) is 11.3 Å². The summed E-state index contributed by atoms with van der Waals surface area (Å²) in [4.78, 5) is 17.5. The van der Waals surface area contributed by atoms with E-state index in [-0.39, 0.29) is 11.6 Å². The quantitative estimate of drug-likeness (QED) is 0.344. The number of benzene rings is 2. The van der Waals surface area contributed by atoms with Gasteiger partial charge in [0.1, 0.15) is 6.61 Å². The third kappa shape index (κ3) is 5.59. The lowest BCUT2D eigenvalue weighted by Crippen LogP contribution is -2.14. The van der Waals surface area contributed by atoms with E-state index in [9.17, 15) is 4.79 Å². The van der Waals surface area contributed by atoms with Crippen molar-refractivity contribution in [3.63, 3.8) is 0 Å². The minimum atomic E-state index is -0.376. The van der Waals surface area contributed by atoms with Crippen molar-refractivity contribution in [2.24, 2.45) is 0 Å². The first-order valence-corrected chi connectivity index (χ1v) is 10.9. The Bertz CT molecular complexity index is 1270. The second-order valence-electron chi connectivity index (χ2n) is 7.42. The first-order chi connectivity index (χ1) is 17.1. The van der Waals surface area contributed by atoms with Gasteiger partial charge in [0.25, 0.3) is 5.91 Å². The van der Waals surface area contributed by atoms with Gasteiger partial charge >= 0.3 is 0 Å². The van der Waals surface area contributed by atoms with Crippen molar-refractivity contribution in [3.05, 3.63) is 78.8 Å². The summed E-state index contributed by atoms with van der Waals surface area (Å²) in [6, 6.07) is 18.4. The second-order valence-corrected chi connectivity index (χ2v) is 7.42. The highest BCUT2D eigenvalue weighted by atomic mass is 16.5. The molecule has 0 aliphatic rings. The lowest BCUT2D eigenvalue weighted by molar-refractivity contribution is 0.102. The Balaban J connectivity index is 1.65. The first-order valence-electron chi connectivity index (χ1n) is 10.9. The van der Waals surface area contributed by atoms with E-state index in [4.69, 9.17) is 18.9 Å². The summed E-state index contributed by atoms with van der Waals surface area (Å²) in [6.07, 6.45) is 3.35. The molecule has 0 aliphatic carbocycles. The predicted molar refractivity (Wildman–Crippen MR) is 132 cm³/mol. The van der Waals surface area contributed by atoms with Crippen LogP contribution in [0.15, 0.2) is 73.1 Å². The fourth-order valence-corrected chi connectivity index (χ4v) is 3.43. The Kier molecular flexibility index (Phi) is 7.59. The van der Waals surface area contributed by atoms with Crippen molar-refractivity contribution in [1.82, 2.24) is 14.8 Å². The number of hydrogen-bond donors (Lipinski definition) is 1. The largest absolute Gasteiger partial charge is 0.493 e. The molecule has 1 amide bonds. The zero-order valence-corrected chi connectivity index (χ0v) is 19.7. The third-order valence-corrected chi connectivity index (χ3v) is 5.18. The molecule has 0 unspecified atom stereocenters. The molecule has 9 nitrogen and oxygen atoms in total. The number of hydrogen-bond acceptors (Lipinski definition) is 7. The molecule has 0 spiro atoms. The van der Waals surface area contributed by atoms with Crippen molar-refractivity contribution in [2.45, 2.75) is 0 Å². The van der Waals surface area contributed by atoms with Crippen LogP contribution < -0.4 is 19.5 Å². The first kappa shape index (κ1) is 23.8. The minimum absolute atomic E-state index is 0.251. The van der Waals surface area contributed by atoms with E-state index in [1.165, 1.54) is 6.20 Å². The number of methoxy groups -OCH3 is 3. The van der Waals surface area contributed by atoms with Crippen LogP contribution in [0.4, 0.5) is 5.69 Å².